The zero-order valence-corrected chi connectivity index (χ0v) is 13.2. The van der Waals surface area contributed by atoms with Gasteiger partial charge in [-0.3, -0.25) is 4.79 Å². The fraction of sp³-hybridized carbons (Fsp3) is 0.750. The van der Waals surface area contributed by atoms with Crippen LogP contribution in [0.3, 0.4) is 0 Å². The topological polar surface area (TPSA) is 61.8 Å². The molecule has 118 valence electrons. The van der Waals surface area contributed by atoms with Crippen LogP contribution in [0.5, 0.6) is 0 Å². The van der Waals surface area contributed by atoms with E-state index in [4.69, 9.17) is 14.2 Å². The lowest BCUT2D eigenvalue weighted by Gasteiger charge is -2.32. The van der Waals surface area contributed by atoms with Crippen LogP contribution in [0.15, 0.2) is 12.7 Å². The molecule has 0 aromatic heterocycles. The highest BCUT2D eigenvalue weighted by atomic mass is 16.7. The Morgan fingerprint density at radius 3 is 2.67 bits per heavy atom. The molecule has 0 aromatic carbocycles. The van der Waals surface area contributed by atoms with Gasteiger partial charge in [-0.25, -0.2) is 4.79 Å². The third-order valence-corrected chi connectivity index (χ3v) is 3.93. The van der Waals surface area contributed by atoms with Crippen molar-refractivity contribution in [1.82, 2.24) is 0 Å². The molecule has 0 amide bonds. The Balaban J connectivity index is 2.09. The molecule has 0 aliphatic carbocycles. The molecule has 5 nitrogen and oxygen atoms in total. The summed E-state index contributed by atoms with van der Waals surface area (Å²) in [5.74, 6) is -0.967. The van der Waals surface area contributed by atoms with Crippen molar-refractivity contribution in [3.8, 4) is 0 Å². The molecule has 4 atom stereocenters. The van der Waals surface area contributed by atoms with Gasteiger partial charge >= 0.3 is 11.9 Å². The van der Waals surface area contributed by atoms with Crippen LogP contribution >= 0.6 is 0 Å². The Morgan fingerprint density at radius 2 is 2.10 bits per heavy atom. The molecule has 2 heterocycles. The summed E-state index contributed by atoms with van der Waals surface area (Å²) in [5, 5.41) is 0. The Bertz CT molecular complexity index is 450. The van der Waals surface area contributed by atoms with E-state index in [0.29, 0.717) is 19.4 Å². The molecule has 4 unspecified atom stereocenters. The summed E-state index contributed by atoms with van der Waals surface area (Å²) in [6.07, 6.45) is 1.13. The second-order valence-corrected chi connectivity index (χ2v) is 7.28. The Morgan fingerprint density at radius 1 is 1.43 bits per heavy atom. The largest absolute Gasteiger partial charge is 0.457 e. The average molecular weight is 296 g/mol. The highest BCUT2D eigenvalue weighted by molar-refractivity contribution is 5.85. The summed E-state index contributed by atoms with van der Waals surface area (Å²) in [5.41, 5.74) is -0.903. The summed E-state index contributed by atoms with van der Waals surface area (Å²) in [4.78, 5) is 24.3. The normalized spacial score (nSPS) is 31.2. The third-order valence-electron chi connectivity index (χ3n) is 3.93. The van der Waals surface area contributed by atoms with Crippen LogP contribution in [0.25, 0.3) is 0 Å². The van der Waals surface area contributed by atoms with Gasteiger partial charge < -0.3 is 14.2 Å². The van der Waals surface area contributed by atoms with Gasteiger partial charge in [0, 0.05) is 6.42 Å². The van der Waals surface area contributed by atoms with Crippen molar-refractivity contribution >= 4 is 11.9 Å². The minimum Gasteiger partial charge on any atom is -0.457 e. The fourth-order valence-electron chi connectivity index (χ4n) is 3.05. The van der Waals surface area contributed by atoms with Gasteiger partial charge in [0.2, 0.25) is 6.10 Å². The quantitative estimate of drug-likeness (QED) is 0.588. The summed E-state index contributed by atoms with van der Waals surface area (Å²) in [7, 11) is 0. The molecule has 5 heteroatoms. The molecule has 21 heavy (non-hydrogen) atoms. The average Bonchev–Trinajstić information content (AvgIpc) is 2.90. The molecule has 0 bridgehead atoms. The van der Waals surface area contributed by atoms with Gasteiger partial charge in [0.15, 0.2) is 0 Å². The lowest BCUT2D eigenvalue weighted by molar-refractivity contribution is -0.171. The Kier molecular flexibility index (Phi) is 4.15. The molecular weight excluding hydrogens is 272 g/mol. The maximum absolute atomic E-state index is 12.5. The van der Waals surface area contributed by atoms with E-state index >= 15 is 0 Å². The van der Waals surface area contributed by atoms with Gasteiger partial charge in [0.25, 0.3) is 0 Å². The fourth-order valence-corrected chi connectivity index (χ4v) is 3.05. The molecular formula is C16H24O5. The molecule has 0 radical (unpaired) electrons. The zero-order valence-electron chi connectivity index (χ0n) is 13.2. The number of carbonyl (C=O) groups is 2. The highest BCUT2D eigenvalue weighted by Gasteiger charge is 2.52. The van der Waals surface area contributed by atoms with Crippen molar-refractivity contribution in [3.63, 3.8) is 0 Å². The van der Waals surface area contributed by atoms with Crippen LogP contribution in [0.4, 0.5) is 0 Å². The summed E-state index contributed by atoms with van der Waals surface area (Å²) >= 11 is 0. The van der Waals surface area contributed by atoms with Crippen LogP contribution in [-0.2, 0) is 23.8 Å². The van der Waals surface area contributed by atoms with Gasteiger partial charge in [0.1, 0.15) is 12.2 Å². The first kappa shape index (κ1) is 16.0. The van der Waals surface area contributed by atoms with E-state index in [9.17, 15) is 9.59 Å². The maximum atomic E-state index is 12.5. The van der Waals surface area contributed by atoms with E-state index in [1.807, 2.05) is 20.8 Å². The number of rotatable bonds is 4. The summed E-state index contributed by atoms with van der Waals surface area (Å²) in [6.45, 7) is 12.2. The number of ether oxygens (including phenoxy) is 3. The van der Waals surface area contributed by atoms with Gasteiger partial charge in [0.05, 0.1) is 12.0 Å². The highest BCUT2D eigenvalue weighted by Crippen LogP contribution is 2.37. The molecule has 0 spiro atoms. The first-order valence-corrected chi connectivity index (χ1v) is 7.33. The Labute approximate surface area is 125 Å². The van der Waals surface area contributed by atoms with Crippen LogP contribution in [0.2, 0.25) is 0 Å². The molecule has 2 aliphatic heterocycles. The van der Waals surface area contributed by atoms with Crippen molar-refractivity contribution in [2.75, 3.05) is 6.61 Å². The second kappa shape index (κ2) is 5.44. The second-order valence-electron chi connectivity index (χ2n) is 7.28. The molecule has 2 saturated heterocycles. The first-order chi connectivity index (χ1) is 9.66. The van der Waals surface area contributed by atoms with Crippen LogP contribution in [0, 0.1) is 10.8 Å². The van der Waals surface area contributed by atoms with Gasteiger partial charge in [-0.2, -0.15) is 0 Å². The minimum atomic E-state index is -0.954. The molecule has 0 saturated carbocycles. The first-order valence-electron chi connectivity index (χ1n) is 7.33. The van der Waals surface area contributed by atoms with Crippen LogP contribution in [-0.4, -0.2) is 36.9 Å². The van der Waals surface area contributed by atoms with Crippen molar-refractivity contribution in [2.45, 2.75) is 58.8 Å². The monoisotopic (exact) mass is 296 g/mol. The molecule has 0 aromatic rings. The number of esters is 2. The summed E-state index contributed by atoms with van der Waals surface area (Å²) < 4.78 is 16.1. The van der Waals surface area contributed by atoms with Crippen LogP contribution < -0.4 is 0 Å². The van der Waals surface area contributed by atoms with E-state index in [1.54, 1.807) is 13.0 Å². The van der Waals surface area contributed by atoms with E-state index in [2.05, 4.69) is 6.58 Å². The maximum Gasteiger partial charge on any atom is 0.350 e. The van der Waals surface area contributed by atoms with E-state index in [1.165, 1.54) is 0 Å². The zero-order chi connectivity index (χ0) is 15.8. The van der Waals surface area contributed by atoms with Crippen molar-refractivity contribution in [2.24, 2.45) is 10.8 Å². The smallest absolute Gasteiger partial charge is 0.350 e. The third kappa shape index (κ3) is 3.28. The van der Waals surface area contributed by atoms with Crippen molar-refractivity contribution < 1.29 is 23.8 Å². The lowest BCUT2D eigenvalue weighted by atomic mass is 9.75. The minimum absolute atomic E-state index is 0.0649. The molecule has 2 aliphatic rings. The number of carbonyl (C=O) groups excluding carboxylic acids is 2. The van der Waals surface area contributed by atoms with Gasteiger partial charge in [-0.1, -0.05) is 26.8 Å². The van der Waals surface area contributed by atoms with Crippen molar-refractivity contribution in [3.05, 3.63) is 12.7 Å². The molecule has 2 rings (SSSR count). The number of fused-ring (bicyclic) bond motifs is 1. The predicted octanol–water partition coefficient (Wildman–Crippen LogP) is 2.24. The van der Waals surface area contributed by atoms with Crippen molar-refractivity contribution in [1.29, 1.82) is 0 Å². The van der Waals surface area contributed by atoms with Gasteiger partial charge in [-0.05, 0) is 18.8 Å². The van der Waals surface area contributed by atoms with E-state index in [0.717, 1.165) is 0 Å². The van der Waals surface area contributed by atoms with Gasteiger partial charge in [-0.15, -0.1) is 6.58 Å². The number of hydrogen-bond donors (Lipinski definition) is 0. The predicted molar refractivity (Wildman–Crippen MR) is 76.5 cm³/mol. The standard InChI is InChI=1S/C16H24O5/c1-6-16(5,9-15(2,3)4)14(18)21-12-11-10(7-8-19-11)20-13(12)17/h6,10-12H,1,7-9H2,2-5H3. The number of hydrogen-bond acceptors (Lipinski definition) is 5. The SMILES string of the molecule is C=CC(C)(CC(C)(C)C)C(=O)OC1C(=O)OC2CCOC21. The van der Waals surface area contributed by atoms with Crippen LogP contribution in [0.1, 0.15) is 40.5 Å². The lowest BCUT2D eigenvalue weighted by Crippen LogP contribution is -2.40. The van der Waals surface area contributed by atoms with E-state index < -0.39 is 29.6 Å². The van der Waals surface area contributed by atoms with E-state index in [-0.39, 0.29) is 11.5 Å². The molecule has 2 fully saturated rings. The summed E-state index contributed by atoms with van der Waals surface area (Å²) in [6, 6.07) is 0. The molecule has 0 N–H and O–H groups in total. The Hall–Kier alpha value is -1.36.